The lowest BCUT2D eigenvalue weighted by molar-refractivity contribution is -0.293. The predicted molar refractivity (Wildman–Crippen MR) is 89.0 cm³/mol. The standard InChI is InChI=1S/C15H23F5N4OS/c1-13(2,3)26-21-8-9-4-6-10(7-5-9)22-12-23-11(24-25-12)14(16,17)15(18,19)20/h9-10,21H,4-8H2,1-3H3,(H,22,23,24)/t9-,10-. The molecule has 150 valence electrons. The van der Waals surface area contributed by atoms with Crippen molar-refractivity contribution in [2.75, 3.05) is 11.9 Å². The summed E-state index contributed by atoms with van der Waals surface area (Å²) in [7, 11) is 0. The molecule has 0 aliphatic heterocycles. The first-order valence-corrected chi connectivity index (χ1v) is 9.16. The third-order valence-corrected chi connectivity index (χ3v) is 4.91. The minimum atomic E-state index is -5.76. The average molecular weight is 402 g/mol. The molecule has 1 aromatic rings. The first kappa shape index (κ1) is 21.2. The zero-order chi connectivity index (χ0) is 19.6. The molecular formula is C15H23F5N4OS. The number of hydrogen-bond acceptors (Lipinski definition) is 6. The Labute approximate surface area is 153 Å². The third kappa shape index (κ3) is 5.70. The van der Waals surface area contributed by atoms with Crippen LogP contribution in [0.3, 0.4) is 0 Å². The van der Waals surface area contributed by atoms with Crippen LogP contribution in [0.1, 0.15) is 52.3 Å². The van der Waals surface area contributed by atoms with Crippen molar-refractivity contribution < 1.29 is 26.5 Å². The molecule has 0 amide bonds. The molecule has 26 heavy (non-hydrogen) atoms. The molecule has 2 N–H and O–H groups in total. The van der Waals surface area contributed by atoms with Gasteiger partial charge in [-0.3, -0.25) is 4.72 Å². The van der Waals surface area contributed by atoms with Gasteiger partial charge in [-0.2, -0.15) is 26.9 Å². The Balaban J connectivity index is 1.80. The Morgan fingerprint density at radius 1 is 1.08 bits per heavy atom. The first-order chi connectivity index (χ1) is 11.9. The lowest BCUT2D eigenvalue weighted by Crippen LogP contribution is -2.34. The fourth-order valence-corrected chi connectivity index (χ4v) is 3.35. The molecular weight excluding hydrogens is 379 g/mol. The lowest BCUT2D eigenvalue weighted by Gasteiger charge is -2.29. The molecule has 1 aliphatic carbocycles. The van der Waals surface area contributed by atoms with Crippen LogP contribution in [0, 0.1) is 5.92 Å². The second kappa shape index (κ2) is 7.87. The molecule has 0 atom stereocenters. The van der Waals surface area contributed by atoms with Crippen LogP contribution >= 0.6 is 11.9 Å². The molecule has 0 saturated heterocycles. The molecule has 1 heterocycles. The highest BCUT2D eigenvalue weighted by atomic mass is 32.2. The predicted octanol–water partition coefficient (Wildman–Crippen LogP) is 4.73. The molecule has 1 aliphatic rings. The normalized spacial score (nSPS) is 22.5. The monoisotopic (exact) mass is 402 g/mol. The smallest absolute Gasteiger partial charge is 0.335 e. The Morgan fingerprint density at radius 3 is 2.23 bits per heavy atom. The van der Waals surface area contributed by atoms with E-state index in [1.807, 2.05) is 0 Å². The highest BCUT2D eigenvalue weighted by molar-refractivity contribution is 7.98. The number of nitrogens with zero attached hydrogens (tertiary/aromatic N) is 2. The summed E-state index contributed by atoms with van der Waals surface area (Å²) < 4.78 is 71.2. The van der Waals surface area contributed by atoms with E-state index in [1.165, 1.54) is 0 Å². The fraction of sp³-hybridized carbons (Fsp3) is 0.867. The largest absolute Gasteiger partial charge is 0.461 e. The van der Waals surface area contributed by atoms with Gasteiger partial charge in [0.05, 0.1) is 0 Å². The SMILES string of the molecule is CC(C)(C)SNC[C@H]1CC[C@H](Nc2nc(C(F)(F)C(F)(F)F)no2)CC1. The molecule has 1 aromatic heterocycles. The van der Waals surface area contributed by atoms with Crippen molar-refractivity contribution in [3.8, 4) is 0 Å². The molecule has 0 bridgehead atoms. The van der Waals surface area contributed by atoms with Gasteiger partial charge in [0.15, 0.2) is 0 Å². The maximum absolute atomic E-state index is 13.2. The van der Waals surface area contributed by atoms with Crippen molar-refractivity contribution in [2.45, 2.75) is 69.3 Å². The molecule has 0 radical (unpaired) electrons. The molecule has 2 rings (SSSR count). The number of anilines is 1. The molecule has 1 fully saturated rings. The van der Waals surface area contributed by atoms with Crippen LogP contribution in [0.15, 0.2) is 4.52 Å². The van der Waals surface area contributed by atoms with Crippen LogP contribution in [0.4, 0.5) is 28.0 Å². The van der Waals surface area contributed by atoms with E-state index in [0.717, 1.165) is 32.2 Å². The number of halogens is 5. The lowest BCUT2D eigenvalue weighted by atomic mass is 9.86. The number of hydrogen-bond donors (Lipinski definition) is 2. The van der Waals surface area contributed by atoms with E-state index in [-0.39, 0.29) is 10.8 Å². The Kier molecular flexibility index (Phi) is 6.42. The van der Waals surface area contributed by atoms with E-state index < -0.39 is 23.9 Å². The number of nitrogens with one attached hydrogen (secondary N) is 2. The van der Waals surface area contributed by atoms with Gasteiger partial charge in [0.2, 0.25) is 0 Å². The van der Waals surface area contributed by atoms with Crippen molar-refractivity contribution in [3.05, 3.63) is 5.82 Å². The van der Waals surface area contributed by atoms with E-state index in [9.17, 15) is 22.0 Å². The number of alkyl halides is 5. The highest BCUT2D eigenvalue weighted by Crippen LogP contribution is 2.42. The number of aromatic nitrogens is 2. The van der Waals surface area contributed by atoms with Crippen LogP contribution in [0.2, 0.25) is 0 Å². The number of rotatable bonds is 6. The van der Waals surface area contributed by atoms with E-state index in [0.29, 0.717) is 5.92 Å². The van der Waals surface area contributed by atoms with Gasteiger partial charge in [-0.15, -0.1) is 0 Å². The van der Waals surface area contributed by atoms with Crippen molar-refractivity contribution in [2.24, 2.45) is 5.92 Å². The molecule has 0 unspecified atom stereocenters. The van der Waals surface area contributed by atoms with Crippen LogP contribution in [-0.4, -0.2) is 33.7 Å². The molecule has 0 aromatic carbocycles. The van der Waals surface area contributed by atoms with Gasteiger partial charge >= 0.3 is 18.1 Å². The fourth-order valence-electron chi connectivity index (χ4n) is 2.60. The summed E-state index contributed by atoms with van der Waals surface area (Å²) in [5.74, 6) is -6.31. The summed E-state index contributed by atoms with van der Waals surface area (Å²) >= 11 is 1.68. The van der Waals surface area contributed by atoms with Crippen LogP contribution in [0.25, 0.3) is 0 Å². The molecule has 1 saturated carbocycles. The quantitative estimate of drug-likeness (QED) is 0.530. The molecule has 0 spiro atoms. The topological polar surface area (TPSA) is 63.0 Å². The maximum Gasteiger partial charge on any atom is 0.461 e. The van der Waals surface area contributed by atoms with Gasteiger partial charge in [0, 0.05) is 17.3 Å². The second-order valence-electron chi connectivity index (χ2n) is 7.42. The summed E-state index contributed by atoms with van der Waals surface area (Å²) in [4.78, 5) is 3.16. The van der Waals surface area contributed by atoms with E-state index in [1.54, 1.807) is 11.9 Å². The van der Waals surface area contributed by atoms with Crippen molar-refractivity contribution in [1.82, 2.24) is 14.9 Å². The van der Waals surface area contributed by atoms with Crippen LogP contribution in [-0.2, 0) is 5.92 Å². The van der Waals surface area contributed by atoms with Crippen molar-refractivity contribution >= 4 is 18.0 Å². The van der Waals surface area contributed by atoms with Gasteiger partial charge in [-0.1, -0.05) is 17.1 Å². The van der Waals surface area contributed by atoms with E-state index in [2.05, 4.69) is 45.5 Å². The maximum atomic E-state index is 13.2. The minimum Gasteiger partial charge on any atom is -0.335 e. The summed E-state index contributed by atoms with van der Waals surface area (Å²) in [6.45, 7) is 7.22. The van der Waals surface area contributed by atoms with Crippen molar-refractivity contribution in [1.29, 1.82) is 0 Å². The van der Waals surface area contributed by atoms with E-state index >= 15 is 0 Å². The second-order valence-corrected chi connectivity index (χ2v) is 9.14. The van der Waals surface area contributed by atoms with Gasteiger partial charge < -0.3 is 9.84 Å². The van der Waals surface area contributed by atoms with E-state index in [4.69, 9.17) is 0 Å². The Morgan fingerprint density at radius 2 is 1.69 bits per heavy atom. The van der Waals surface area contributed by atoms with Gasteiger partial charge in [-0.25, -0.2) is 0 Å². The zero-order valence-corrected chi connectivity index (χ0v) is 15.6. The van der Waals surface area contributed by atoms with Gasteiger partial charge in [0.1, 0.15) is 0 Å². The van der Waals surface area contributed by atoms with Gasteiger partial charge in [-0.05, 0) is 52.4 Å². The highest BCUT2D eigenvalue weighted by Gasteiger charge is 2.62. The summed E-state index contributed by atoms with van der Waals surface area (Å²) in [6.07, 6.45) is -2.44. The summed E-state index contributed by atoms with van der Waals surface area (Å²) in [5, 5.41) is 5.53. The van der Waals surface area contributed by atoms with Crippen molar-refractivity contribution in [3.63, 3.8) is 0 Å². The van der Waals surface area contributed by atoms with Crippen LogP contribution < -0.4 is 10.0 Å². The molecule has 11 heteroatoms. The summed E-state index contributed by atoms with van der Waals surface area (Å²) in [6, 6.07) is -0.497. The summed E-state index contributed by atoms with van der Waals surface area (Å²) in [5.41, 5.74) is 0. The Bertz CT molecular complexity index is 579. The first-order valence-electron chi connectivity index (χ1n) is 8.34. The third-order valence-electron chi connectivity index (χ3n) is 3.99. The zero-order valence-electron chi connectivity index (χ0n) is 14.8. The van der Waals surface area contributed by atoms with Crippen LogP contribution in [0.5, 0.6) is 0 Å². The average Bonchev–Trinajstić information content (AvgIpc) is 2.96. The Hall–Kier alpha value is -1.10. The minimum absolute atomic E-state index is 0.0886. The van der Waals surface area contributed by atoms with Gasteiger partial charge in [0.25, 0.3) is 5.82 Å². The molecule has 5 nitrogen and oxygen atoms in total.